The summed E-state index contributed by atoms with van der Waals surface area (Å²) >= 11 is 0. The molecule has 3 rings (SSSR count). The van der Waals surface area contributed by atoms with E-state index in [0.717, 1.165) is 35.6 Å². The highest BCUT2D eigenvalue weighted by Gasteiger charge is 2.08. The van der Waals surface area contributed by atoms with E-state index in [9.17, 15) is 0 Å². The third-order valence-corrected chi connectivity index (χ3v) is 3.54. The van der Waals surface area contributed by atoms with Gasteiger partial charge in [-0.1, -0.05) is 31.2 Å². The molecule has 0 amide bonds. The third-order valence-electron chi connectivity index (χ3n) is 3.54. The Morgan fingerprint density at radius 1 is 1.10 bits per heavy atom. The molecule has 0 radical (unpaired) electrons. The highest BCUT2D eigenvalue weighted by atomic mass is 16.5. The van der Waals surface area contributed by atoms with E-state index in [-0.39, 0.29) is 0 Å². The molecule has 2 aromatic carbocycles. The van der Waals surface area contributed by atoms with Gasteiger partial charge in [-0.2, -0.15) is 0 Å². The van der Waals surface area contributed by atoms with Crippen LogP contribution in [0.2, 0.25) is 0 Å². The molecule has 0 aliphatic carbocycles. The Bertz CT molecular complexity index is 749. The number of aryl methyl sites for hydroxylation is 1. The largest absolute Gasteiger partial charge is 0.490 e. The summed E-state index contributed by atoms with van der Waals surface area (Å²) in [5.74, 6) is 1.82. The van der Waals surface area contributed by atoms with Crippen LogP contribution in [-0.2, 0) is 13.0 Å². The van der Waals surface area contributed by atoms with Crippen LogP contribution in [0.5, 0.6) is 5.75 Å². The van der Waals surface area contributed by atoms with Crippen molar-refractivity contribution in [3.05, 3.63) is 54.4 Å². The number of nitrogens with two attached hydrogens (primary N) is 1. The van der Waals surface area contributed by atoms with Gasteiger partial charge in [0.25, 0.3) is 0 Å². The minimum Gasteiger partial charge on any atom is -0.490 e. The number of benzene rings is 2. The zero-order valence-electron chi connectivity index (χ0n) is 12.1. The first kappa shape index (κ1) is 13.5. The second kappa shape index (κ2) is 5.87. The molecule has 108 valence electrons. The number of hydrogen-bond donors (Lipinski definition) is 1. The van der Waals surface area contributed by atoms with Gasteiger partial charge in [0.2, 0.25) is 0 Å². The molecule has 0 saturated heterocycles. The Balaban J connectivity index is 1.77. The van der Waals surface area contributed by atoms with Crippen molar-refractivity contribution < 1.29 is 4.74 Å². The summed E-state index contributed by atoms with van der Waals surface area (Å²) in [5.41, 5.74) is 8.74. The molecule has 0 atom stereocenters. The van der Waals surface area contributed by atoms with Crippen molar-refractivity contribution in [2.24, 2.45) is 0 Å². The molecule has 0 spiro atoms. The summed E-state index contributed by atoms with van der Waals surface area (Å²) in [5, 5.41) is 0. The third kappa shape index (κ3) is 2.70. The van der Waals surface area contributed by atoms with Gasteiger partial charge in [0.05, 0.1) is 23.3 Å². The van der Waals surface area contributed by atoms with Crippen molar-refractivity contribution in [3.63, 3.8) is 0 Å². The van der Waals surface area contributed by atoms with Crippen LogP contribution in [0.4, 0.5) is 5.69 Å². The van der Waals surface area contributed by atoms with Crippen molar-refractivity contribution in [2.75, 3.05) is 12.3 Å². The topological polar surface area (TPSA) is 53.1 Å². The van der Waals surface area contributed by atoms with Crippen LogP contribution in [0.1, 0.15) is 12.7 Å². The van der Waals surface area contributed by atoms with Crippen LogP contribution < -0.4 is 10.5 Å². The van der Waals surface area contributed by atoms with Crippen LogP contribution in [0.3, 0.4) is 0 Å². The van der Waals surface area contributed by atoms with Gasteiger partial charge in [-0.25, -0.2) is 4.98 Å². The number of aromatic nitrogens is 2. The number of rotatable bonds is 5. The maximum Gasteiger partial charge on any atom is 0.142 e. The fourth-order valence-electron chi connectivity index (χ4n) is 2.50. The van der Waals surface area contributed by atoms with Gasteiger partial charge >= 0.3 is 0 Å². The summed E-state index contributed by atoms with van der Waals surface area (Å²) in [6.45, 7) is 3.45. The van der Waals surface area contributed by atoms with E-state index in [4.69, 9.17) is 10.5 Å². The van der Waals surface area contributed by atoms with E-state index < -0.39 is 0 Å². The molecular weight excluding hydrogens is 262 g/mol. The summed E-state index contributed by atoms with van der Waals surface area (Å²) in [6.07, 6.45) is 0.905. The van der Waals surface area contributed by atoms with Crippen LogP contribution in [-0.4, -0.2) is 16.2 Å². The van der Waals surface area contributed by atoms with E-state index in [2.05, 4.69) is 22.5 Å². The van der Waals surface area contributed by atoms with E-state index >= 15 is 0 Å². The van der Waals surface area contributed by atoms with E-state index in [1.54, 1.807) is 0 Å². The van der Waals surface area contributed by atoms with Crippen molar-refractivity contribution in [3.8, 4) is 5.75 Å². The maximum atomic E-state index is 5.88. The number of hydrogen-bond acceptors (Lipinski definition) is 3. The average Bonchev–Trinajstić information content (AvgIpc) is 2.87. The highest BCUT2D eigenvalue weighted by molar-refractivity contribution is 5.75. The van der Waals surface area contributed by atoms with Crippen LogP contribution in [0.15, 0.2) is 48.5 Å². The Hall–Kier alpha value is -2.49. The lowest BCUT2D eigenvalue weighted by atomic mass is 10.3. The van der Waals surface area contributed by atoms with Crippen molar-refractivity contribution in [1.29, 1.82) is 0 Å². The van der Waals surface area contributed by atoms with Gasteiger partial charge in [0.1, 0.15) is 18.2 Å². The molecule has 3 aromatic rings. The molecule has 21 heavy (non-hydrogen) atoms. The fraction of sp³-hybridized carbons (Fsp3) is 0.235. The zero-order valence-corrected chi connectivity index (χ0v) is 12.1. The van der Waals surface area contributed by atoms with Crippen LogP contribution >= 0.6 is 0 Å². The second-order valence-corrected chi connectivity index (χ2v) is 4.91. The second-order valence-electron chi connectivity index (χ2n) is 4.91. The van der Waals surface area contributed by atoms with Crippen molar-refractivity contribution >= 4 is 16.7 Å². The monoisotopic (exact) mass is 281 g/mol. The van der Waals surface area contributed by atoms with E-state index in [1.807, 2.05) is 42.5 Å². The molecular formula is C17H19N3O. The standard InChI is InChI=1S/C17H19N3O/c1-2-17-19-14-8-4-5-9-15(14)20(17)11-12-21-16-10-6-3-7-13(16)18/h3-10H,2,11-12,18H2,1H3. The van der Waals surface area contributed by atoms with E-state index in [1.165, 1.54) is 0 Å². The first-order valence-corrected chi connectivity index (χ1v) is 7.21. The van der Waals surface area contributed by atoms with Crippen molar-refractivity contribution in [2.45, 2.75) is 19.9 Å². The lowest BCUT2D eigenvalue weighted by Gasteiger charge is -2.11. The van der Waals surface area contributed by atoms with Gasteiger partial charge in [-0.05, 0) is 24.3 Å². The predicted octanol–water partition coefficient (Wildman–Crippen LogP) is 3.26. The molecule has 1 heterocycles. The van der Waals surface area contributed by atoms with Gasteiger partial charge < -0.3 is 15.0 Å². The summed E-state index contributed by atoms with van der Waals surface area (Å²) in [4.78, 5) is 4.66. The molecule has 4 nitrogen and oxygen atoms in total. The molecule has 0 unspecified atom stereocenters. The molecule has 0 aliphatic rings. The number of nitrogen functional groups attached to an aromatic ring is 1. The number of imidazole rings is 1. The van der Waals surface area contributed by atoms with Gasteiger partial charge in [-0.3, -0.25) is 0 Å². The maximum absolute atomic E-state index is 5.88. The molecule has 0 fully saturated rings. The SMILES string of the molecule is CCc1nc2ccccc2n1CCOc1ccccc1N. The van der Waals surface area contributed by atoms with Gasteiger partial charge in [0, 0.05) is 6.42 Å². The van der Waals surface area contributed by atoms with Gasteiger partial charge in [0.15, 0.2) is 0 Å². The van der Waals surface area contributed by atoms with Crippen molar-refractivity contribution in [1.82, 2.24) is 9.55 Å². The molecule has 0 bridgehead atoms. The number of anilines is 1. The smallest absolute Gasteiger partial charge is 0.142 e. The number of para-hydroxylation sites is 4. The molecule has 2 N–H and O–H groups in total. The predicted molar refractivity (Wildman–Crippen MR) is 85.5 cm³/mol. The highest BCUT2D eigenvalue weighted by Crippen LogP contribution is 2.20. The Labute approximate surface area is 124 Å². The number of nitrogens with zero attached hydrogens (tertiary/aromatic N) is 2. The fourth-order valence-corrected chi connectivity index (χ4v) is 2.50. The zero-order chi connectivity index (χ0) is 14.7. The lowest BCUT2D eigenvalue weighted by molar-refractivity contribution is 0.300. The van der Waals surface area contributed by atoms with Crippen LogP contribution in [0.25, 0.3) is 11.0 Å². The number of ether oxygens (including phenoxy) is 1. The van der Waals surface area contributed by atoms with Gasteiger partial charge in [-0.15, -0.1) is 0 Å². The molecule has 0 aliphatic heterocycles. The Morgan fingerprint density at radius 2 is 1.86 bits per heavy atom. The molecule has 4 heteroatoms. The summed E-state index contributed by atoms with van der Waals surface area (Å²) in [6, 6.07) is 15.8. The summed E-state index contributed by atoms with van der Waals surface area (Å²) in [7, 11) is 0. The molecule has 0 saturated carbocycles. The quantitative estimate of drug-likeness (QED) is 0.730. The summed E-state index contributed by atoms with van der Waals surface area (Å²) < 4.78 is 8.00. The van der Waals surface area contributed by atoms with E-state index in [0.29, 0.717) is 12.3 Å². The number of fused-ring (bicyclic) bond motifs is 1. The first-order chi connectivity index (χ1) is 10.3. The Kier molecular flexibility index (Phi) is 3.77. The first-order valence-electron chi connectivity index (χ1n) is 7.21. The normalized spacial score (nSPS) is 10.9. The lowest BCUT2D eigenvalue weighted by Crippen LogP contribution is -2.11. The molecule has 1 aromatic heterocycles. The van der Waals surface area contributed by atoms with Crippen LogP contribution in [0, 0.1) is 0 Å². The minimum atomic E-state index is 0.571. The average molecular weight is 281 g/mol. The minimum absolute atomic E-state index is 0.571. The Morgan fingerprint density at radius 3 is 2.67 bits per heavy atom.